The molecule has 3 aromatic rings. The van der Waals surface area contributed by atoms with Crippen molar-refractivity contribution in [1.82, 2.24) is 4.57 Å². The van der Waals surface area contributed by atoms with Gasteiger partial charge in [-0.3, -0.25) is 9.36 Å². The molecule has 0 amide bonds. The Balaban J connectivity index is 1.95. The predicted octanol–water partition coefficient (Wildman–Crippen LogP) is 3.61. The highest BCUT2D eigenvalue weighted by molar-refractivity contribution is 7.07. The van der Waals surface area contributed by atoms with Gasteiger partial charge in [0.2, 0.25) is 0 Å². The summed E-state index contributed by atoms with van der Waals surface area (Å²) in [7, 11) is 4.63. The highest BCUT2D eigenvalue weighted by Gasteiger charge is 2.34. The van der Waals surface area contributed by atoms with Crippen LogP contribution in [0.2, 0.25) is 0 Å². The van der Waals surface area contributed by atoms with Gasteiger partial charge in [0.05, 0.1) is 61.4 Å². The van der Waals surface area contributed by atoms with Gasteiger partial charge in [0.1, 0.15) is 23.0 Å². The van der Waals surface area contributed by atoms with Crippen molar-refractivity contribution in [3.05, 3.63) is 78.5 Å². The SMILES string of the molecule is CCOc1ccc([C@@H]2C(C(=O)OC(C)C)=C(C)N=c3s/c(=C/c4c(OC)cc(OC)cc4OC)c(=O)n32)cc1. The normalized spacial score (nSPS) is 15.1. The summed E-state index contributed by atoms with van der Waals surface area (Å²) in [6.07, 6.45) is 1.38. The Bertz CT molecular complexity index is 1560. The number of rotatable bonds is 9. The number of ether oxygens (including phenoxy) is 5. The lowest BCUT2D eigenvalue weighted by atomic mass is 9.96. The van der Waals surface area contributed by atoms with Crippen LogP contribution in [0, 0.1) is 0 Å². The van der Waals surface area contributed by atoms with Crippen molar-refractivity contribution in [2.24, 2.45) is 4.99 Å². The number of allylic oxidation sites excluding steroid dienone is 1. The van der Waals surface area contributed by atoms with Gasteiger partial charge in [0, 0.05) is 12.1 Å². The van der Waals surface area contributed by atoms with Gasteiger partial charge in [-0.1, -0.05) is 23.5 Å². The fourth-order valence-electron chi connectivity index (χ4n) is 4.39. The van der Waals surface area contributed by atoms with Gasteiger partial charge in [-0.15, -0.1) is 0 Å². The highest BCUT2D eigenvalue weighted by atomic mass is 32.1. The summed E-state index contributed by atoms with van der Waals surface area (Å²) in [5.41, 5.74) is 1.81. The molecular weight excluding hydrogens is 520 g/mol. The molecule has 1 atom stereocenters. The molecule has 0 fully saturated rings. The van der Waals surface area contributed by atoms with Crippen LogP contribution in [0.5, 0.6) is 23.0 Å². The zero-order chi connectivity index (χ0) is 28.3. The van der Waals surface area contributed by atoms with Crippen LogP contribution in [-0.2, 0) is 9.53 Å². The maximum Gasteiger partial charge on any atom is 0.338 e. The number of fused-ring (bicyclic) bond motifs is 1. The summed E-state index contributed by atoms with van der Waals surface area (Å²) in [5, 5.41) is 0. The molecule has 10 heteroatoms. The third-order valence-corrected chi connectivity index (χ3v) is 7.10. The molecule has 1 aromatic heterocycles. The summed E-state index contributed by atoms with van der Waals surface area (Å²) in [5.74, 6) is 1.70. The highest BCUT2D eigenvalue weighted by Crippen LogP contribution is 2.35. The third-order valence-electron chi connectivity index (χ3n) is 6.12. The van der Waals surface area contributed by atoms with Crippen LogP contribution in [-0.4, -0.2) is 44.6 Å². The first-order valence-electron chi connectivity index (χ1n) is 12.5. The number of nitrogens with zero attached hydrogens (tertiary/aromatic N) is 2. The number of aromatic nitrogens is 1. The Morgan fingerprint density at radius 3 is 2.23 bits per heavy atom. The monoisotopic (exact) mass is 552 g/mol. The zero-order valence-corrected chi connectivity index (χ0v) is 23.9. The number of hydrogen-bond acceptors (Lipinski definition) is 9. The Labute approximate surface area is 230 Å². The lowest BCUT2D eigenvalue weighted by Gasteiger charge is -2.25. The number of hydrogen-bond donors (Lipinski definition) is 0. The summed E-state index contributed by atoms with van der Waals surface area (Å²) in [6.45, 7) is 7.75. The molecule has 0 saturated carbocycles. The van der Waals surface area contributed by atoms with Crippen molar-refractivity contribution >= 4 is 23.4 Å². The zero-order valence-electron chi connectivity index (χ0n) is 23.1. The van der Waals surface area contributed by atoms with E-state index in [0.29, 0.717) is 55.8 Å². The second-order valence-electron chi connectivity index (χ2n) is 8.98. The van der Waals surface area contributed by atoms with E-state index in [9.17, 15) is 9.59 Å². The van der Waals surface area contributed by atoms with E-state index >= 15 is 0 Å². The minimum atomic E-state index is -0.731. The molecule has 1 aliphatic heterocycles. The Morgan fingerprint density at radius 1 is 1.05 bits per heavy atom. The Hall–Kier alpha value is -4.05. The van der Waals surface area contributed by atoms with Crippen LogP contribution >= 0.6 is 11.3 Å². The van der Waals surface area contributed by atoms with E-state index in [0.717, 1.165) is 5.56 Å². The van der Waals surface area contributed by atoms with Crippen LogP contribution in [0.4, 0.5) is 0 Å². The fourth-order valence-corrected chi connectivity index (χ4v) is 5.42. The van der Waals surface area contributed by atoms with E-state index in [1.165, 1.54) is 25.6 Å². The number of carbonyl (C=O) groups excluding carboxylic acids is 1. The van der Waals surface area contributed by atoms with E-state index in [-0.39, 0.29) is 11.7 Å². The van der Waals surface area contributed by atoms with Crippen molar-refractivity contribution in [2.45, 2.75) is 39.8 Å². The lowest BCUT2D eigenvalue weighted by Crippen LogP contribution is -2.40. The van der Waals surface area contributed by atoms with Crippen LogP contribution < -0.4 is 33.8 Å². The first-order chi connectivity index (χ1) is 18.7. The summed E-state index contributed by atoms with van der Waals surface area (Å²) >= 11 is 1.22. The van der Waals surface area contributed by atoms with Crippen molar-refractivity contribution < 1.29 is 28.5 Å². The number of carbonyl (C=O) groups is 1. The molecule has 2 aromatic carbocycles. The van der Waals surface area contributed by atoms with Crippen molar-refractivity contribution in [1.29, 1.82) is 0 Å². The van der Waals surface area contributed by atoms with Gasteiger partial charge >= 0.3 is 5.97 Å². The number of thiazole rings is 1. The maximum atomic E-state index is 14.0. The molecule has 1 aliphatic rings. The van der Waals surface area contributed by atoms with Gasteiger partial charge < -0.3 is 23.7 Å². The molecule has 9 nitrogen and oxygen atoms in total. The maximum absolute atomic E-state index is 14.0. The van der Waals surface area contributed by atoms with Gasteiger partial charge in [-0.2, -0.15) is 0 Å². The Morgan fingerprint density at radius 2 is 1.69 bits per heavy atom. The Kier molecular flexibility index (Phi) is 8.44. The summed E-state index contributed by atoms with van der Waals surface area (Å²) in [6, 6.07) is 10.1. The first-order valence-corrected chi connectivity index (χ1v) is 13.3. The van der Waals surface area contributed by atoms with E-state index < -0.39 is 12.0 Å². The quantitative estimate of drug-likeness (QED) is 0.374. The van der Waals surface area contributed by atoms with Crippen LogP contribution in [0.25, 0.3) is 6.08 Å². The average molecular weight is 553 g/mol. The summed E-state index contributed by atoms with van der Waals surface area (Å²) < 4.78 is 29.6. The van der Waals surface area contributed by atoms with E-state index in [2.05, 4.69) is 4.99 Å². The van der Waals surface area contributed by atoms with Crippen LogP contribution in [0.3, 0.4) is 0 Å². The van der Waals surface area contributed by atoms with Gasteiger partial charge in [-0.05, 0) is 51.5 Å². The number of methoxy groups -OCH3 is 3. The summed E-state index contributed by atoms with van der Waals surface area (Å²) in [4.78, 5) is 32.4. The van der Waals surface area contributed by atoms with Crippen molar-refractivity contribution in [3.63, 3.8) is 0 Å². The molecule has 0 aliphatic carbocycles. The van der Waals surface area contributed by atoms with Crippen molar-refractivity contribution in [2.75, 3.05) is 27.9 Å². The molecular formula is C29H32N2O7S. The smallest absolute Gasteiger partial charge is 0.338 e. The molecule has 2 heterocycles. The average Bonchev–Trinajstić information content (AvgIpc) is 3.22. The molecule has 0 spiro atoms. The molecule has 39 heavy (non-hydrogen) atoms. The molecule has 0 radical (unpaired) electrons. The molecule has 0 N–H and O–H groups in total. The molecule has 0 unspecified atom stereocenters. The van der Waals surface area contributed by atoms with E-state index in [1.54, 1.807) is 50.7 Å². The fraction of sp³-hybridized carbons (Fsp3) is 0.345. The third kappa shape index (κ3) is 5.56. The van der Waals surface area contributed by atoms with Crippen LogP contribution in [0.1, 0.15) is 44.9 Å². The number of benzene rings is 2. The molecule has 206 valence electrons. The van der Waals surface area contributed by atoms with Crippen molar-refractivity contribution in [3.8, 4) is 23.0 Å². The predicted molar refractivity (Wildman–Crippen MR) is 149 cm³/mol. The first kappa shape index (κ1) is 28.0. The minimum Gasteiger partial charge on any atom is -0.496 e. The molecule has 4 rings (SSSR count). The van der Waals surface area contributed by atoms with E-state index in [4.69, 9.17) is 23.7 Å². The molecule has 0 saturated heterocycles. The van der Waals surface area contributed by atoms with Gasteiger partial charge in [0.25, 0.3) is 5.56 Å². The standard InChI is InChI=1S/C29H32N2O7S/c1-8-37-19-11-9-18(10-12-19)26-25(28(33)38-16(2)3)17(4)30-29-31(26)27(32)24(39-29)15-21-22(35-6)13-20(34-5)14-23(21)36-7/h9-16,26H,8H2,1-7H3/b24-15+/t26-/m1/s1. The van der Waals surface area contributed by atoms with Crippen LogP contribution in [0.15, 0.2) is 57.5 Å². The second-order valence-corrected chi connectivity index (χ2v) is 9.99. The number of esters is 1. The minimum absolute atomic E-state index is 0.306. The largest absolute Gasteiger partial charge is 0.496 e. The van der Waals surface area contributed by atoms with Gasteiger partial charge in [-0.25, -0.2) is 9.79 Å². The molecule has 0 bridgehead atoms. The second kappa shape index (κ2) is 11.8. The van der Waals surface area contributed by atoms with Gasteiger partial charge in [0.15, 0.2) is 4.80 Å². The lowest BCUT2D eigenvalue weighted by molar-refractivity contribution is -0.143. The van der Waals surface area contributed by atoms with E-state index in [1.807, 2.05) is 31.2 Å². The topological polar surface area (TPSA) is 97.6 Å².